The first kappa shape index (κ1) is 14.6. The minimum Gasteiger partial charge on any atom is -0.444 e. The van der Waals surface area contributed by atoms with Gasteiger partial charge in [0.15, 0.2) is 6.10 Å². The van der Waals surface area contributed by atoms with Crippen LogP contribution in [-0.2, 0) is 9.53 Å². The summed E-state index contributed by atoms with van der Waals surface area (Å²) in [5, 5.41) is 0.643. The average Bonchev–Trinajstić information content (AvgIpc) is 2.24. The molecule has 0 amide bonds. The Morgan fingerprint density at radius 2 is 1.83 bits per heavy atom. The van der Waals surface area contributed by atoms with E-state index in [4.69, 9.17) is 16.3 Å². The fourth-order valence-corrected chi connectivity index (χ4v) is 1.39. The van der Waals surface area contributed by atoms with Gasteiger partial charge < -0.3 is 4.74 Å². The van der Waals surface area contributed by atoms with Crippen molar-refractivity contribution in [1.82, 2.24) is 0 Å². The first-order valence-electron chi connectivity index (χ1n) is 5.73. The lowest BCUT2D eigenvalue weighted by atomic mass is 9.97. The van der Waals surface area contributed by atoms with Crippen LogP contribution in [0.3, 0.4) is 0 Å². The quantitative estimate of drug-likeness (QED) is 0.596. The van der Waals surface area contributed by atoms with Crippen molar-refractivity contribution in [2.45, 2.75) is 33.8 Å². The van der Waals surface area contributed by atoms with Gasteiger partial charge in [-0.1, -0.05) is 35.6 Å². The first-order valence-corrected chi connectivity index (χ1v) is 6.11. The zero-order valence-corrected chi connectivity index (χ0v) is 11.8. The molecule has 0 unspecified atom stereocenters. The van der Waals surface area contributed by atoms with Crippen molar-refractivity contribution in [2.75, 3.05) is 0 Å². The second-order valence-electron chi connectivity index (χ2n) is 5.06. The minimum atomic E-state index is -0.543. The molecule has 0 aliphatic carbocycles. The van der Waals surface area contributed by atoms with Gasteiger partial charge in [0.2, 0.25) is 0 Å². The van der Waals surface area contributed by atoms with Crippen molar-refractivity contribution in [3.63, 3.8) is 0 Å². The van der Waals surface area contributed by atoms with Gasteiger partial charge in [-0.3, -0.25) is 4.79 Å². The number of carbonyl (C=O) groups excluding carboxylic acids is 1. The molecule has 0 aromatic heterocycles. The highest BCUT2D eigenvalue weighted by molar-refractivity contribution is 6.30. The first-order chi connectivity index (χ1) is 8.28. The summed E-state index contributed by atoms with van der Waals surface area (Å²) in [5.74, 6) is 5.72. The Morgan fingerprint density at radius 3 is 2.28 bits per heavy atom. The molecule has 0 saturated heterocycles. The number of hydrogen-bond donors (Lipinski definition) is 0. The molecule has 96 valence electrons. The van der Waals surface area contributed by atoms with Gasteiger partial charge >= 0.3 is 5.97 Å². The number of benzene rings is 1. The molecule has 1 atom stereocenters. The van der Waals surface area contributed by atoms with Gasteiger partial charge in [0, 0.05) is 22.9 Å². The van der Waals surface area contributed by atoms with Crippen LogP contribution in [0.15, 0.2) is 24.3 Å². The third-order valence-electron chi connectivity index (χ3n) is 2.03. The van der Waals surface area contributed by atoms with E-state index >= 15 is 0 Å². The number of carbonyl (C=O) groups is 1. The maximum absolute atomic E-state index is 11.1. The Labute approximate surface area is 113 Å². The zero-order chi connectivity index (χ0) is 13.8. The predicted octanol–water partition coefficient (Wildman–Crippen LogP) is 3.99. The molecule has 2 nitrogen and oxygen atoms in total. The molecule has 1 rings (SSSR count). The van der Waals surface area contributed by atoms with E-state index in [2.05, 4.69) is 11.8 Å². The molecule has 18 heavy (non-hydrogen) atoms. The van der Waals surface area contributed by atoms with Crippen LogP contribution in [0.25, 0.3) is 0 Å². The smallest absolute Gasteiger partial charge is 0.304 e. The van der Waals surface area contributed by atoms with Crippen molar-refractivity contribution in [3.05, 3.63) is 34.9 Å². The molecule has 0 fully saturated rings. The van der Waals surface area contributed by atoms with Crippen LogP contribution in [0.1, 0.15) is 39.4 Å². The summed E-state index contributed by atoms with van der Waals surface area (Å²) in [7, 11) is 0. The van der Waals surface area contributed by atoms with E-state index in [1.807, 2.05) is 32.9 Å². The number of esters is 1. The molecule has 0 aliphatic heterocycles. The molecule has 3 heteroatoms. The monoisotopic (exact) mass is 264 g/mol. The second-order valence-corrected chi connectivity index (χ2v) is 5.50. The largest absolute Gasteiger partial charge is 0.444 e. The standard InChI is InChI=1S/C15H17ClO2/c1-11(17)18-14(9-10-15(2,3)4)12-5-7-13(16)8-6-12/h5-8,14H,1-4H3/t14-/m0/s1. The van der Waals surface area contributed by atoms with Crippen LogP contribution in [0, 0.1) is 17.3 Å². The molecule has 0 saturated carbocycles. The van der Waals surface area contributed by atoms with E-state index in [1.54, 1.807) is 12.1 Å². The van der Waals surface area contributed by atoms with Gasteiger partial charge in [0.1, 0.15) is 0 Å². The molecule has 0 bridgehead atoms. The van der Waals surface area contributed by atoms with E-state index < -0.39 is 6.10 Å². The predicted molar refractivity (Wildman–Crippen MR) is 73.2 cm³/mol. The Bertz CT molecular complexity index is 472. The van der Waals surface area contributed by atoms with Crippen LogP contribution in [0.4, 0.5) is 0 Å². The van der Waals surface area contributed by atoms with Gasteiger partial charge in [0.05, 0.1) is 0 Å². The molecule has 0 aliphatic rings. The number of ether oxygens (including phenoxy) is 1. The summed E-state index contributed by atoms with van der Waals surface area (Å²) in [6.45, 7) is 7.40. The van der Waals surface area contributed by atoms with Crippen molar-refractivity contribution in [2.24, 2.45) is 5.41 Å². The van der Waals surface area contributed by atoms with Crippen LogP contribution < -0.4 is 0 Å². The van der Waals surface area contributed by atoms with Crippen molar-refractivity contribution in [1.29, 1.82) is 0 Å². The van der Waals surface area contributed by atoms with E-state index in [9.17, 15) is 4.79 Å². The summed E-state index contributed by atoms with van der Waals surface area (Å²) in [6, 6.07) is 7.14. The van der Waals surface area contributed by atoms with Crippen molar-refractivity contribution in [3.8, 4) is 11.8 Å². The van der Waals surface area contributed by atoms with Crippen LogP contribution in [-0.4, -0.2) is 5.97 Å². The number of halogens is 1. The van der Waals surface area contributed by atoms with E-state index in [0.29, 0.717) is 5.02 Å². The average molecular weight is 265 g/mol. The Hall–Kier alpha value is -1.46. The summed E-state index contributed by atoms with van der Waals surface area (Å²) in [5.41, 5.74) is 0.691. The second kappa shape index (κ2) is 5.93. The molecule has 0 radical (unpaired) electrons. The third kappa shape index (κ3) is 5.25. The molecular weight excluding hydrogens is 248 g/mol. The Morgan fingerprint density at radius 1 is 1.28 bits per heavy atom. The van der Waals surface area contributed by atoms with Crippen molar-refractivity contribution >= 4 is 17.6 Å². The van der Waals surface area contributed by atoms with Gasteiger partial charge in [-0.05, 0) is 32.9 Å². The topological polar surface area (TPSA) is 26.3 Å². The highest BCUT2D eigenvalue weighted by Gasteiger charge is 2.13. The maximum atomic E-state index is 11.1. The van der Waals surface area contributed by atoms with E-state index in [0.717, 1.165) is 5.56 Å². The van der Waals surface area contributed by atoms with E-state index in [1.165, 1.54) is 6.92 Å². The summed E-state index contributed by atoms with van der Waals surface area (Å²) < 4.78 is 5.22. The molecule has 0 N–H and O–H groups in total. The maximum Gasteiger partial charge on any atom is 0.304 e. The van der Waals surface area contributed by atoms with Gasteiger partial charge in [0.25, 0.3) is 0 Å². The molecule has 0 spiro atoms. The lowest BCUT2D eigenvalue weighted by Gasteiger charge is -2.13. The van der Waals surface area contributed by atoms with Crippen LogP contribution in [0.2, 0.25) is 5.02 Å². The minimum absolute atomic E-state index is 0.134. The third-order valence-corrected chi connectivity index (χ3v) is 2.29. The zero-order valence-electron chi connectivity index (χ0n) is 11.1. The number of rotatable bonds is 2. The van der Waals surface area contributed by atoms with Gasteiger partial charge in [-0.2, -0.15) is 0 Å². The lowest BCUT2D eigenvalue weighted by Crippen LogP contribution is -2.08. The highest BCUT2D eigenvalue weighted by Crippen LogP contribution is 2.20. The molecular formula is C15H17ClO2. The SMILES string of the molecule is CC(=O)O[C@@H](C#CC(C)(C)C)c1ccc(Cl)cc1. The lowest BCUT2D eigenvalue weighted by molar-refractivity contribution is -0.144. The van der Waals surface area contributed by atoms with E-state index in [-0.39, 0.29) is 11.4 Å². The summed E-state index contributed by atoms with van der Waals surface area (Å²) >= 11 is 5.83. The fourth-order valence-electron chi connectivity index (χ4n) is 1.27. The Kier molecular flexibility index (Phi) is 4.81. The van der Waals surface area contributed by atoms with Crippen LogP contribution in [0.5, 0.6) is 0 Å². The van der Waals surface area contributed by atoms with Crippen molar-refractivity contribution < 1.29 is 9.53 Å². The normalized spacial score (nSPS) is 12.3. The van der Waals surface area contributed by atoms with Gasteiger partial charge in [-0.15, -0.1) is 0 Å². The molecule has 0 heterocycles. The highest BCUT2D eigenvalue weighted by atomic mass is 35.5. The summed E-state index contributed by atoms with van der Waals surface area (Å²) in [6.07, 6.45) is -0.543. The van der Waals surface area contributed by atoms with Gasteiger partial charge in [-0.25, -0.2) is 0 Å². The Balaban J connectivity index is 3.01. The molecule has 1 aromatic carbocycles. The molecule has 1 aromatic rings. The fraction of sp³-hybridized carbons (Fsp3) is 0.400. The van der Waals surface area contributed by atoms with Crippen LogP contribution >= 0.6 is 11.6 Å². The summed E-state index contributed by atoms with van der Waals surface area (Å²) in [4.78, 5) is 11.1. The number of hydrogen-bond acceptors (Lipinski definition) is 2.